The molecule has 0 unspecified atom stereocenters. The average Bonchev–Trinajstić information content (AvgIpc) is 3.79. The fourth-order valence-electron chi connectivity index (χ4n) is 8.80. The second-order valence-corrected chi connectivity index (χ2v) is 14.3. The van der Waals surface area contributed by atoms with Gasteiger partial charge in [-0.2, -0.15) is 0 Å². The Morgan fingerprint density at radius 2 is 0.945 bits per heavy atom. The van der Waals surface area contributed by atoms with Crippen molar-refractivity contribution in [3.8, 4) is 67.5 Å². The molecule has 0 aliphatic heterocycles. The van der Waals surface area contributed by atoms with Crippen LogP contribution in [0.25, 0.3) is 122 Å². The summed E-state index contributed by atoms with van der Waals surface area (Å²) in [5.41, 5.74) is 11.9. The Morgan fingerprint density at radius 3 is 1.78 bits per heavy atom. The quantitative estimate of drug-likeness (QED) is 0.183. The van der Waals surface area contributed by atoms with E-state index in [-0.39, 0.29) is 0 Å². The average molecular weight is 700 g/mol. The Balaban J connectivity index is 1.14. The number of furan rings is 1. The zero-order valence-electron chi connectivity index (χ0n) is 29.5. The molecule has 0 saturated carbocycles. The summed E-state index contributed by atoms with van der Waals surface area (Å²) in [7, 11) is 0. The van der Waals surface area contributed by atoms with E-state index in [1.165, 1.54) is 44.0 Å². The first kappa shape index (κ1) is 30.1. The maximum atomic E-state index is 6.65. The van der Waals surface area contributed by atoms with E-state index in [1.54, 1.807) is 0 Å². The number of para-hydroxylation sites is 1. The van der Waals surface area contributed by atoms with Crippen LogP contribution in [0.4, 0.5) is 0 Å². The third kappa shape index (κ3) is 4.49. The Kier molecular flexibility index (Phi) is 6.31. The Hall–Kier alpha value is -7.43. The third-order valence-electron chi connectivity index (χ3n) is 11.2. The molecule has 254 valence electrons. The summed E-state index contributed by atoms with van der Waals surface area (Å²) >= 11 is 0. The molecule has 0 N–H and O–H groups in total. The molecule has 0 amide bonds. The van der Waals surface area contributed by atoms with Crippen LogP contribution in [0.2, 0.25) is 0 Å². The zero-order valence-corrected chi connectivity index (χ0v) is 29.5. The Bertz CT molecular complexity index is 3380. The second kappa shape index (κ2) is 11.5. The summed E-state index contributed by atoms with van der Waals surface area (Å²) in [6, 6.07) is 62.0. The lowest BCUT2D eigenvalue weighted by Gasteiger charge is -2.17. The van der Waals surface area contributed by atoms with Gasteiger partial charge in [0.25, 0.3) is 0 Å². The van der Waals surface area contributed by atoms with Gasteiger partial charge < -0.3 is 4.42 Å². The molecule has 1 aliphatic rings. The molecular weight excluding hydrogens is 671 g/mol. The van der Waals surface area contributed by atoms with Gasteiger partial charge in [-0.25, -0.2) is 15.0 Å². The van der Waals surface area contributed by atoms with Crippen LogP contribution in [0.5, 0.6) is 0 Å². The molecular formula is C51H29N3O. The number of aromatic nitrogens is 3. The number of benzene rings is 9. The van der Waals surface area contributed by atoms with Crippen molar-refractivity contribution in [2.45, 2.75) is 0 Å². The molecule has 1 aliphatic carbocycles. The van der Waals surface area contributed by atoms with Crippen molar-refractivity contribution in [1.82, 2.24) is 15.0 Å². The molecule has 2 heterocycles. The van der Waals surface area contributed by atoms with Gasteiger partial charge >= 0.3 is 0 Å². The van der Waals surface area contributed by atoms with Crippen LogP contribution in [0.15, 0.2) is 180 Å². The molecule has 2 aromatic heterocycles. The highest BCUT2D eigenvalue weighted by Crippen LogP contribution is 2.55. The molecule has 0 atom stereocenters. The van der Waals surface area contributed by atoms with Crippen molar-refractivity contribution >= 4 is 54.3 Å². The van der Waals surface area contributed by atoms with Gasteiger partial charge in [0.15, 0.2) is 17.5 Å². The van der Waals surface area contributed by atoms with Gasteiger partial charge in [0.1, 0.15) is 11.2 Å². The normalized spacial score (nSPS) is 12.0. The van der Waals surface area contributed by atoms with Crippen LogP contribution in [0, 0.1) is 0 Å². The molecule has 0 saturated heterocycles. The number of hydrogen-bond acceptors (Lipinski definition) is 4. The summed E-state index contributed by atoms with van der Waals surface area (Å²) in [4.78, 5) is 15.4. The van der Waals surface area contributed by atoms with Gasteiger partial charge in [-0.1, -0.05) is 152 Å². The molecule has 0 radical (unpaired) electrons. The highest BCUT2D eigenvalue weighted by molar-refractivity contribution is 6.27. The number of hydrogen-bond donors (Lipinski definition) is 0. The van der Waals surface area contributed by atoms with Gasteiger partial charge in [0.2, 0.25) is 0 Å². The molecule has 12 rings (SSSR count). The summed E-state index contributed by atoms with van der Waals surface area (Å²) < 4.78 is 6.65. The van der Waals surface area contributed by atoms with E-state index >= 15 is 0 Å². The Labute approximate surface area is 316 Å². The van der Waals surface area contributed by atoms with Crippen LogP contribution in [-0.2, 0) is 0 Å². The first-order valence-corrected chi connectivity index (χ1v) is 18.6. The van der Waals surface area contributed by atoms with E-state index in [0.717, 1.165) is 60.4 Å². The maximum Gasteiger partial charge on any atom is 0.164 e. The van der Waals surface area contributed by atoms with Gasteiger partial charge in [-0.3, -0.25) is 0 Å². The lowest BCUT2D eigenvalue weighted by atomic mass is 9.86. The summed E-state index contributed by atoms with van der Waals surface area (Å²) in [5.74, 6) is 1.91. The van der Waals surface area contributed by atoms with Crippen molar-refractivity contribution in [1.29, 1.82) is 0 Å². The van der Waals surface area contributed by atoms with Crippen molar-refractivity contribution in [3.05, 3.63) is 176 Å². The van der Waals surface area contributed by atoms with Crippen LogP contribution < -0.4 is 0 Å². The monoisotopic (exact) mass is 699 g/mol. The minimum Gasteiger partial charge on any atom is -0.456 e. The SMILES string of the molecule is c1ccc(-c2nc(-c3ccc4ccccc4c3)nc(-c3ccc(-c4c5c(cc6oc7ccccc7c46)-c4cccc6cccc-5c46)c4ccccc34)n2)cc1. The fourth-order valence-corrected chi connectivity index (χ4v) is 8.80. The summed E-state index contributed by atoms with van der Waals surface area (Å²) in [6.07, 6.45) is 0. The van der Waals surface area contributed by atoms with Crippen LogP contribution in [0.3, 0.4) is 0 Å². The second-order valence-electron chi connectivity index (χ2n) is 14.3. The smallest absolute Gasteiger partial charge is 0.164 e. The molecule has 0 bridgehead atoms. The number of rotatable bonds is 4. The topological polar surface area (TPSA) is 51.8 Å². The van der Waals surface area contributed by atoms with Crippen molar-refractivity contribution in [2.24, 2.45) is 0 Å². The van der Waals surface area contributed by atoms with Crippen molar-refractivity contribution < 1.29 is 4.42 Å². The predicted molar refractivity (Wildman–Crippen MR) is 226 cm³/mol. The maximum absolute atomic E-state index is 6.65. The first-order valence-electron chi connectivity index (χ1n) is 18.6. The van der Waals surface area contributed by atoms with E-state index in [9.17, 15) is 0 Å². The third-order valence-corrected chi connectivity index (χ3v) is 11.2. The van der Waals surface area contributed by atoms with Gasteiger partial charge in [-0.15, -0.1) is 0 Å². The fraction of sp³-hybridized carbons (Fsp3) is 0. The first-order chi connectivity index (χ1) is 27.3. The van der Waals surface area contributed by atoms with Crippen LogP contribution in [0.1, 0.15) is 0 Å². The largest absolute Gasteiger partial charge is 0.456 e. The van der Waals surface area contributed by atoms with E-state index < -0.39 is 0 Å². The standard InChI is InChI=1S/C51H29N3O/c1-2-13-32(14-3-1)49-52-50(34-25-24-30-12-4-5-15-33(30)28-34)54-51(53-49)39-27-26-38(35-18-6-7-19-36(35)39)48-46-41-22-11-17-31-16-10-21-37(45(31)41)42(46)29-44-47(48)40-20-8-9-23-43(40)55-44/h1-29H. The summed E-state index contributed by atoms with van der Waals surface area (Å²) in [6.45, 7) is 0. The van der Waals surface area contributed by atoms with Gasteiger partial charge in [0.05, 0.1) is 0 Å². The van der Waals surface area contributed by atoms with Crippen LogP contribution in [-0.4, -0.2) is 15.0 Å². The Morgan fingerprint density at radius 1 is 0.309 bits per heavy atom. The van der Waals surface area contributed by atoms with E-state index in [4.69, 9.17) is 19.4 Å². The molecule has 0 fully saturated rings. The minimum atomic E-state index is 0.633. The van der Waals surface area contributed by atoms with E-state index in [2.05, 4.69) is 152 Å². The molecule has 0 spiro atoms. The van der Waals surface area contributed by atoms with Crippen LogP contribution >= 0.6 is 0 Å². The molecule has 4 heteroatoms. The van der Waals surface area contributed by atoms with E-state index in [0.29, 0.717) is 17.5 Å². The number of nitrogens with zero attached hydrogens (tertiary/aromatic N) is 3. The molecule has 55 heavy (non-hydrogen) atoms. The van der Waals surface area contributed by atoms with Gasteiger partial charge in [-0.05, 0) is 84.4 Å². The summed E-state index contributed by atoms with van der Waals surface area (Å²) in [5, 5.41) is 9.28. The van der Waals surface area contributed by atoms with E-state index in [1.807, 2.05) is 24.3 Å². The number of fused-ring (bicyclic) bond motifs is 8. The lowest BCUT2D eigenvalue weighted by molar-refractivity contribution is 0.669. The lowest BCUT2D eigenvalue weighted by Crippen LogP contribution is -2.01. The van der Waals surface area contributed by atoms with Crippen molar-refractivity contribution in [3.63, 3.8) is 0 Å². The molecule has 11 aromatic rings. The molecule has 9 aromatic carbocycles. The minimum absolute atomic E-state index is 0.633. The highest BCUT2D eigenvalue weighted by Gasteiger charge is 2.29. The van der Waals surface area contributed by atoms with Gasteiger partial charge in [0, 0.05) is 33.0 Å². The van der Waals surface area contributed by atoms with Crippen molar-refractivity contribution in [2.75, 3.05) is 0 Å². The predicted octanol–water partition coefficient (Wildman–Crippen LogP) is 13.5. The highest BCUT2D eigenvalue weighted by atomic mass is 16.3. The zero-order chi connectivity index (χ0) is 36.0. The molecule has 4 nitrogen and oxygen atoms in total.